The van der Waals surface area contributed by atoms with Gasteiger partial charge in [-0.1, -0.05) is 0 Å². The van der Waals surface area contributed by atoms with Gasteiger partial charge < -0.3 is 14.7 Å². The first-order valence-corrected chi connectivity index (χ1v) is 8.01. The zero-order chi connectivity index (χ0) is 17.6. The van der Waals surface area contributed by atoms with E-state index in [1.807, 2.05) is 19.2 Å². The molecule has 1 atom stereocenters. The van der Waals surface area contributed by atoms with Gasteiger partial charge in [-0.3, -0.25) is 4.68 Å². The molecule has 4 heterocycles. The van der Waals surface area contributed by atoms with Gasteiger partial charge in [-0.15, -0.1) is 5.10 Å². The molecule has 3 aromatic heterocycles. The number of aromatic nitrogens is 5. The first-order chi connectivity index (χ1) is 12.1. The van der Waals surface area contributed by atoms with Crippen molar-refractivity contribution in [3.63, 3.8) is 0 Å². The SMILES string of the molecule is C[C@@H]1COCCN1c1cc(-c2ccnn2C)c2cnc(C(=O)O)n2n1. The van der Waals surface area contributed by atoms with Crippen LogP contribution in [0, 0.1) is 0 Å². The second-order valence-electron chi connectivity index (χ2n) is 6.06. The molecule has 4 rings (SSSR count). The maximum absolute atomic E-state index is 11.5. The second kappa shape index (κ2) is 5.85. The Morgan fingerprint density at radius 3 is 2.96 bits per heavy atom. The van der Waals surface area contributed by atoms with Crippen molar-refractivity contribution in [2.24, 2.45) is 7.05 Å². The monoisotopic (exact) mass is 342 g/mol. The van der Waals surface area contributed by atoms with E-state index in [1.54, 1.807) is 10.9 Å². The highest BCUT2D eigenvalue weighted by atomic mass is 16.5. The van der Waals surface area contributed by atoms with Crippen LogP contribution in [0.4, 0.5) is 5.82 Å². The van der Waals surface area contributed by atoms with E-state index >= 15 is 0 Å². The Hall–Kier alpha value is -2.94. The molecular weight excluding hydrogens is 324 g/mol. The van der Waals surface area contributed by atoms with Crippen LogP contribution < -0.4 is 4.90 Å². The third-order valence-electron chi connectivity index (χ3n) is 4.44. The van der Waals surface area contributed by atoms with Gasteiger partial charge in [0.05, 0.1) is 36.7 Å². The van der Waals surface area contributed by atoms with Crippen molar-refractivity contribution in [3.05, 3.63) is 30.4 Å². The summed E-state index contributed by atoms with van der Waals surface area (Å²) in [5.74, 6) is -0.531. The number of imidazole rings is 1. The van der Waals surface area contributed by atoms with Gasteiger partial charge in [0.1, 0.15) is 0 Å². The third-order valence-corrected chi connectivity index (χ3v) is 4.44. The number of hydrogen-bond donors (Lipinski definition) is 1. The summed E-state index contributed by atoms with van der Waals surface area (Å²) >= 11 is 0. The largest absolute Gasteiger partial charge is 0.475 e. The molecule has 0 aliphatic carbocycles. The van der Waals surface area contributed by atoms with Gasteiger partial charge in [-0.25, -0.2) is 14.3 Å². The predicted octanol–water partition coefficient (Wildman–Crippen LogP) is 1.05. The van der Waals surface area contributed by atoms with Crippen LogP contribution in [-0.4, -0.2) is 61.3 Å². The maximum atomic E-state index is 11.5. The lowest BCUT2D eigenvalue weighted by Crippen LogP contribution is -2.44. The normalized spacial score (nSPS) is 18.0. The van der Waals surface area contributed by atoms with Crippen LogP contribution in [0.25, 0.3) is 16.8 Å². The molecule has 0 spiro atoms. The molecule has 0 amide bonds. The maximum Gasteiger partial charge on any atom is 0.374 e. The van der Waals surface area contributed by atoms with Crippen molar-refractivity contribution in [2.75, 3.05) is 24.7 Å². The number of anilines is 1. The fourth-order valence-corrected chi connectivity index (χ4v) is 3.16. The van der Waals surface area contributed by atoms with E-state index in [1.165, 1.54) is 10.7 Å². The standard InChI is InChI=1S/C16H18N6O3/c1-10-9-25-6-5-21(10)14-7-11(12-3-4-18-20(12)2)13-8-17-15(16(23)24)22(13)19-14/h3-4,7-8,10H,5-6,9H2,1-2H3,(H,23,24)/t10-/m1/s1. The summed E-state index contributed by atoms with van der Waals surface area (Å²) in [6.45, 7) is 3.97. The van der Waals surface area contributed by atoms with E-state index in [0.29, 0.717) is 31.1 Å². The lowest BCUT2D eigenvalue weighted by atomic mass is 10.1. The van der Waals surface area contributed by atoms with Crippen LogP contribution >= 0.6 is 0 Å². The molecule has 1 N–H and O–H groups in total. The Morgan fingerprint density at radius 1 is 1.44 bits per heavy atom. The van der Waals surface area contributed by atoms with Crippen LogP contribution in [0.3, 0.4) is 0 Å². The summed E-state index contributed by atoms with van der Waals surface area (Å²) < 4.78 is 8.63. The van der Waals surface area contributed by atoms with Crippen LogP contribution in [-0.2, 0) is 11.8 Å². The first kappa shape index (κ1) is 15.6. The number of aromatic carboxylic acids is 1. The van der Waals surface area contributed by atoms with E-state index < -0.39 is 5.97 Å². The molecule has 0 saturated carbocycles. The number of nitrogens with zero attached hydrogens (tertiary/aromatic N) is 6. The predicted molar refractivity (Wildman–Crippen MR) is 89.8 cm³/mol. The summed E-state index contributed by atoms with van der Waals surface area (Å²) in [7, 11) is 1.85. The van der Waals surface area contributed by atoms with Gasteiger partial charge >= 0.3 is 5.97 Å². The van der Waals surface area contributed by atoms with Crippen molar-refractivity contribution in [2.45, 2.75) is 13.0 Å². The molecule has 0 aromatic carbocycles. The number of ether oxygens (including phenoxy) is 1. The molecule has 130 valence electrons. The lowest BCUT2D eigenvalue weighted by molar-refractivity contribution is 0.0681. The second-order valence-corrected chi connectivity index (χ2v) is 6.06. The smallest absolute Gasteiger partial charge is 0.374 e. The van der Waals surface area contributed by atoms with Crippen molar-refractivity contribution in [1.29, 1.82) is 0 Å². The summed E-state index contributed by atoms with van der Waals surface area (Å²) in [6, 6.07) is 3.99. The van der Waals surface area contributed by atoms with Gasteiger partial charge in [0, 0.05) is 25.4 Å². The molecule has 1 saturated heterocycles. The number of rotatable bonds is 3. The Labute approximate surface area is 143 Å². The molecule has 1 fully saturated rings. The fraction of sp³-hybridized carbons (Fsp3) is 0.375. The van der Waals surface area contributed by atoms with E-state index in [9.17, 15) is 9.90 Å². The van der Waals surface area contributed by atoms with Crippen LogP contribution in [0.5, 0.6) is 0 Å². The van der Waals surface area contributed by atoms with E-state index in [2.05, 4.69) is 27.0 Å². The number of carbonyl (C=O) groups is 1. The molecule has 3 aromatic rings. The zero-order valence-corrected chi connectivity index (χ0v) is 14.0. The minimum Gasteiger partial charge on any atom is -0.475 e. The van der Waals surface area contributed by atoms with Crippen molar-refractivity contribution in [3.8, 4) is 11.3 Å². The Bertz CT molecular complexity index is 947. The minimum atomic E-state index is -1.12. The molecule has 1 aliphatic rings. The summed E-state index contributed by atoms with van der Waals surface area (Å²) in [4.78, 5) is 17.7. The van der Waals surface area contributed by atoms with Crippen LogP contribution in [0.15, 0.2) is 24.5 Å². The van der Waals surface area contributed by atoms with Crippen LogP contribution in [0.2, 0.25) is 0 Å². The number of aryl methyl sites for hydroxylation is 1. The van der Waals surface area contributed by atoms with E-state index in [-0.39, 0.29) is 11.9 Å². The number of hydrogen-bond acceptors (Lipinski definition) is 6. The topological polar surface area (TPSA) is 97.8 Å². The first-order valence-electron chi connectivity index (χ1n) is 8.01. The Morgan fingerprint density at radius 2 is 2.28 bits per heavy atom. The quantitative estimate of drug-likeness (QED) is 0.760. The van der Waals surface area contributed by atoms with Gasteiger partial charge in [0.15, 0.2) is 5.82 Å². The Balaban J connectivity index is 1.96. The van der Waals surface area contributed by atoms with Gasteiger partial charge in [-0.2, -0.15) is 5.10 Å². The Kier molecular flexibility index (Phi) is 3.65. The van der Waals surface area contributed by atoms with Gasteiger partial charge in [-0.05, 0) is 19.1 Å². The number of fused-ring (bicyclic) bond motifs is 1. The van der Waals surface area contributed by atoms with Crippen molar-refractivity contribution < 1.29 is 14.6 Å². The molecule has 9 nitrogen and oxygen atoms in total. The lowest BCUT2D eigenvalue weighted by Gasteiger charge is -2.34. The van der Waals surface area contributed by atoms with E-state index in [4.69, 9.17) is 4.74 Å². The average Bonchev–Trinajstić information content (AvgIpc) is 3.20. The number of carboxylic acid groups (broad SMARTS) is 1. The highest BCUT2D eigenvalue weighted by molar-refractivity contribution is 5.88. The highest BCUT2D eigenvalue weighted by Gasteiger charge is 2.24. The third kappa shape index (κ3) is 2.52. The van der Waals surface area contributed by atoms with Crippen molar-refractivity contribution in [1.82, 2.24) is 24.4 Å². The number of morpholine rings is 1. The van der Waals surface area contributed by atoms with Gasteiger partial charge in [0.2, 0.25) is 5.82 Å². The molecule has 0 bridgehead atoms. The summed E-state index contributed by atoms with van der Waals surface area (Å²) in [6.07, 6.45) is 3.24. The summed E-state index contributed by atoms with van der Waals surface area (Å²) in [5.41, 5.74) is 2.33. The number of carboxylic acids is 1. The van der Waals surface area contributed by atoms with Crippen molar-refractivity contribution >= 4 is 17.3 Å². The van der Waals surface area contributed by atoms with E-state index in [0.717, 1.165) is 11.3 Å². The molecular formula is C16H18N6O3. The zero-order valence-electron chi connectivity index (χ0n) is 14.0. The van der Waals surface area contributed by atoms with Crippen LogP contribution in [0.1, 0.15) is 17.5 Å². The molecule has 25 heavy (non-hydrogen) atoms. The molecule has 0 unspecified atom stereocenters. The fourth-order valence-electron chi connectivity index (χ4n) is 3.16. The van der Waals surface area contributed by atoms with Gasteiger partial charge in [0.25, 0.3) is 0 Å². The molecule has 9 heteroatoms. The molecule has 1 aliphatic heterocycles. The molecule has 0 radical (unpaired) electrons. The minimum absolute atomic E-state index is 0.110. The average molecular weight is 342 g/mol. The summed E-state index contributed by atoms with van der Waals surface area (Å²) in [5, 5.41) is 18.2. The highest BCUT2D eigenvalue weighted by Crippen LogP contribution is 2.29.